The second kappa shape index (κ2) is 5.98. The third kappa shape index (κ3) is 2.70. The highest BCUT2D eigenvalue weighted by Gasteiger charge is 2.15. The Labute approximate surface area is 129 Å². The van der Waals surface area contributed by atoms with E-state index in [1.807, 2.05) is 60.1 Å². The lowest BCUT2D eigenvalue weighted by atomic mass is 10.0. The number of para-hydroxylation sites is 1. The van der Waals surface area contributed by atoms with Gasteiger partial charge in [-0.25, -0.2) is 0 Å². The number of carbonyl (C=O) groups is 2. The van der Waals surface area contributed by atoms with Crippen LogP contribution >= 0.6 is 0 Å². The van der Waals surface area contributed by atoms with E-state index in [4.69, 9.17) is 0 Å². The largest absolute Gasteiger partial charge is 0.341 e. The molecule has 0 saturated carbocycles. The van der Waals surface area contributed by atoms with Crippen molar-refractivity contribution >= 4 is 22.5 Å². The number of benzene rings is 2. The summed E-state index contributed by atoms with van der Waals surface area (Å²) in [7, 11) is 1.88. The molecule has 0 spiro atoms. The van der Waals surface area contributed by atoms with Crippen LogP contribution in [0.3, 0.4) is 0 Å². The lowest BCUT2D eigenvalue weighted by Gasteiger charge is -2.04. The fourth-order valence-electron chi connectivity index (χ4n) is 2.68. The molecule has 1 heterocycles. The molecule has 0 radical (unpaired) electrons. The van der Waals surface area contributed by atoms with Crippen molar-refractivity contribution in [1.29, 1.82) is 0 Å². The molecule has 3 aromatic rings. The van der Waals surface area contributed by atoms with E-state index in [-0.39, 0.29) is 24.4 Å². The molecule has 0 saturated heterocycles. The molecule has 110 valence electrons. The van der Waals surface area contributed by atoms with E-state index in [0.717, 1.165) is 10.9 Å². The van der Waals surface area contributed by atoms with Crippen molar-refractivity contribution in [3.05, 3.63) is 71.9 Å². The predicted molar refractivity (Wildman–Crippen MR) is 87.3 cm³/mol. The van der Waals surface area contributed by atoms with Gasteiger partial charge < -0.3 is 4.57 Å². The molecule has 0 unspecified atom stereocenters. The normalized spacial score (nSPS) is 10.8. The summed E-state index contributed by atoms with van der Waals surface area (Å²) >= 11 is 0. The molecule has 0 aliphatic heterocycles. The molecule has 0 aliphatic carbocycles. The first-order valence-corrected chi connectivity index (χ1v) is 7.33. The van der Waals surface area contributed by atoms with Crippen molar-refractivity contribution in [1.82, 2.24) is 4.57 Å². The van der Waals surface area contributed by atoms with Crippen molar-refractivity contribution in [2.45, 2.75) is 12.8 Å². The van der Waals surface area contributed by atoms with E-state index in [9.17, 15) is 9.59 Å². The van der Waals surface area contributed by atoms with Gasteiger partial charge in [0.25, 0.3) is 0 Å². The minimum absolute atomic E-state index is 0.00276. The van der Waals surface area contributed by atoms with Crippen molar-refractivity contribution in [2.24, 2.45) is 7.05 Å². The van der Waals surface area contributed by atoms with Gasteiger partial charge >= 0.3 is 0 Å². The highest BCUT2D eigenvalue weighted by molar-refractivity contribution is 6.03. The molecule has 1 aromatic heterocycles. The molecular formula is C19H17NO2. The second-order valence-corrected chi connectivity index (χ2v) is 5.36. The monoisotopic (exact) mass is 291 g/mol. The molecule has 0 amide bonds. The average Bonchev–Trinajstić information content (AvgIpc) is 2.90. The molecule has 0 aliphatic rings. The first kappa shape index (κ1) is 14.3. The fourth-order valence-corrected chi connectivity index (χ4v) is 2.68. The second-order valence-electron chi connectivity index (χ2n) is 5.36. The minimum Gasteiger partial charge on any atom is -0.341 e. The van der Waals surface area contributed by atoms with E-state index in [2.05, 4.69) is 0 Å². The summed E-state index contributed by atoms with van der Waals surface area (Å²) in [6.45, 7) is 0. The lowest BCUT2D eigenvalue weighted by Crippen LogP contribution is -2.08. The quantitative estimate of drug-likeness (QED) is 0.666. The Morgan fingerprint density at radius 3 is 2.23 bits per heavy atom. The maximum atomic E-state index is 12.4. The van der Waals surface area contributed by atoms with Gasteiger partial charge in [-0.2, -0.15) is 0 Å². The Balaban J connectivity index is 1.74. The zero-order valence-corrected chi connectivity index (χ0v) is 12.5. The highest BCUT2D eigenvalue weighted by Crippen LogP contribution is 2.20. The number of carbonyl (C=O) groups excluding carboxylic acids is 2. The van der Waals surface area contributed by atoms with Crippen LogP contribution in [0.2, 0.25) is 0 Å². The molecule has 3 rings (SSSR count). The number of aromatic nitrogens is 1. The third-order valence-corrected chi connectivity index (χ3v) is 3.91. The Bertz CT molecular complexity index is 831. The SMILES string of the molecule is Cn1c(C(=O)CCC(=O)c2ccccc2)cc2ccccc21. The number of Topliss-reactive ketones (excluding diaryl/α,β-unsaturated/α-hetero) is 2. The topological polar surface area (TPSA) is 39.1 Å². The van der Waals surface area contributed by atoms with Gasteiger partial charge in [-0.05, 0) is 12.1 Å². The first-order chi connectivity index (χ1) is 10.7. The number of aryl methyl sites for hydroxylation is 1. The zero-order chi connectivity index (χ0) is 15.5. The molecule has 0 bridgehead atoms. The maximum Gasteiger partial charge on any atom is 0.179 e. The van der Waals surface area contributed by atoms with Crippen LogP contribution in [0.1, 0.15) is 33.7 Å². The van der Waals surface area contributed by atoms with Crippen LogP contribution in [0.15, 0.2) is 60.7 Å². The van der Waals surface area contributed by atoms with Gasteiger partial charge in [0.15, 0.2) is 11.6 Å². The molecule has 2 aromatic carbocycles. The Kier molecular flexibility index (Phi) is 3.88. The van der Waals surface area contributed by atoms with Gasteiger partial charge in [-0.3, -0.25) is 9.59 Å². The summed E-state index contributed by atoms with van der Waals surface area (Å²) < 4.78 is 1.89. The predicted octanol–water partition coefficient (Wildman–Crippen LogP) is 4.02. The lowest BCUT2D eigenvalue weighted by molar-refractivity contribution is 0.0913. The summed E-state index contributed by atoms with van der Waals surface area (Å²) in [5, 5.41) is 1.04. The van der Waals surface area contributed by atoms with Crippen LogP contribution in [0.25, 0.3) is 10.9 Å². The van der Waals surface area contributed by atoms with Gasteiger partial charge in [0.05, 0.1) is 5.69 Å². The van der Waals surface area contributed by atoms with Crippen molar-refractivity contribution in [2.75, 3.05) is 0 Å². The van der Waals surface area contributed by atoms with Crippen LogP contribution in [-0.2, 0) is 7.05 Å². The van der Waals surface area contributed by atoms with Gasteiger partial charge in [-0.15, -0.1) is 0 Å². The number of rotatable bonds is 5. The third-order valence-electron chi connectivity index (χ3n) is 3.91. The number of fused-ring (bicyclic) bond motifs is 1. The van der Waals surface area contributed by atoms with Gasteiger partial charge in [-0.1, -0.05) is 48.5 Å². The molecule has 0 N–H and O–H groups in total. The maximum absolute atomic E-state index is 12.4. The van der Waals surface area contributed by atoms with Crippen LogP contribution in [0.5, 0.6) is 0 Å². The van der Waals surface area contributed by atoms with Gasteiger partial charge in [0, 0.05) is 36.4 Å². The van der Waals surface area contributed by atoms with Crippen LogP contribution < -0.4 is 0 Å². The molecular weight excluding hydrogens is 274 g/mol. The minimum atomic E-state index is 0.00276. The number of hydrogen-bond donors (Lipinski definition) is 0. The summed E-state index contributed by atoms with van der Waals surface area (Å²) in [5.41, 5.74) is 2.34. The Morgan fingerprint density at radius 1 is 0.864 bits per heavy atom. The van der Waals surface area contributed by atoms with Gasteiger partial charge in [0.2, 0.25) is 0 Å². The van der Waals surface area contributed by atoms with Crippen molar-refractivity contribution in [3.8, 4) is 0 Å². The van der Waals surface area contributed by atoms with Crippen LogP contribution in [0, 0.1) is 0 Å². The van der Waals surface area contributed by atoms with E-state index in [1.54, 1.807) is 12.1 Å². The van der Waals surface area contributed by atoms with Crippen molar-refractivity contribution < 1.29 is 9.59 Å². The molecule has 0 fully saturated rings. The van der Waals surface area contributed by atoms with E-state index < -0.39 is 0 Å². The summed E-state index contributed by atoms with van der Waals surface area (Å²) in [5.74, 6) is 0.00990. The summed E-state index contributed by atoms with van der Waals surface area (Å²) in [6, 6.07) is 18.9. The molecule has 3 heteroatoms. The standard InChI is InChI=1S/C19H17NO2/c1-20-16-10-6-5-9-15(16)13-17(20)19(22)12-11-18(21)14-7-3-2-4-8-14/h2-10,13H,11-12H2,1H3. The first-order valence-electron chi connectivity index (χ1n) is 7.33. The van der Waals surface area contributed by atoms with E-state index in [0.29, 0.717) is 11.3 Å². The summed E-state index contributed by atoms with van der Waals surface area (Å²) in [4.78, 5) is 24.5. The number of hydrogen-bond acceptors (Lipinski definition) is 2. The average molecular weight is 291 g/mol. The molecule has 3 nitrogen and oxygen atoms in total. The smallest absolute Gasteiger partial charge is 0.179 e. The number of nitrogens with zero attached hydrogens (tertiary/aromatic N) is 1. The molecule has 22 heavy (non-hydrogen) atoms. The fraction of sp³-hybridized carbons (Fsp3) is 0.158. The molecule has 0 atom stereocenters. The summed E-state index contributed by atoms with van der Waals surface area (Å²) in [6.07, 6.45) is 0.474. The van der Waals surface area contributed by atoms with Crippen LogP contribution in [0.4, 0.5) is 0 Å². The Hall–Kier alpha value is -2.68. The van der Waals surface area contributed by atoms with Crippen molar-refractivity contribution in [3.63, 3.8) is 0 Å². The Morgan fingerprint density at radius 2 is 1.50 bits per heavy atom. The van der Waals surface area contributed by atoms with Gasteiger partial charge in [0.1, 0.15) is 0 Å². The van der Waals surface area contributed by atoms with E-state index in [1.165, 1.54) is 0 Å². The number of ketones is 2. The van der Waals surface area contributed by atoms with Crippen LogP contribution in [-0.4, -0.2) is 16.1 Å². The van der Waals surface area contributed by atoms with E-state index >= 15 is 0 Å². The zero-order valence-electron chi connectivity index (χ0n) is 12.5. The highest BCUT2D eigenvalue weighted by atomic mass is 16.1.